The Kier molecular flexibility index (Phi) is 6.16. The first-order valence-corrected chi connectivity index (χ1v) is 7.94. The minimum absolute atomic E-state index is 0.609. The third-order valence-electron chi connectivity index (χ3n) is 2.88. The molecule has 2 aromatic carbocycles. The largest absolute Gasteiger partial charge is 0.494 e. The standard InChI is InChI=1S/C17H19NO2S/c1-2-11-20-15-8-6-7-14(12-15)17(18-19)13-21-16-9-4-3-5-10-16/h3-10,12,19H,2,11,13H2,1H3/b18-17-. The first-order chi connectivity index (χ1) is 10.3. The Hall–Kier alpha value is -1.94. The Balaban J connectivity index is 2.04. The van der Waals surface area contributed by atoms with Crippen LogP contribution in [0.3, 0.4) is 0 Å². The molecule has 0 saturated carbocycles. The molecule has 0 unspecified atom stereocenters. The van der Waals surface area contributed by atoms with Crippen LogP contribution < -0.4 is 4.74 Å². The molecule has 0 fully saturated rings. The highest BCUT2D eigenvalue weighted by molar-refractivity contribution is 8.00. The van der Waals surface area contributed by atoms with Crippen LogP contribution >= 0.6 is 11.8 Å². The molecule has 2 aromatic rings. The molecule has 0 amide bonds. The third kappa shape index (κ3) is 4.83. The quantitative estimate of drug-likeness (QED) is 0.355. The van der Waals surface area contributed by atoms with Crippen LogP contribution in [0, 0.1) is 0 Å². The van der Waals surface area contributed by atoms with Gasteiger partial charge in [-0.3, -0.25) is 0 Å². The Morgan fingerprint density at radius 2 is 1.95 bits per heavy atom. The second kappa shape index (κ2) is 8.37. The molecule has 4 heteroatoms. The summed E-state index contributed by atoms with van der Waals surface area (Å²) in [6.45, 7) is 2.76. The number of oxime groups is 1. The van der Waals surface area contributed by atoms with Crippen LogP contribution in [0.2, 0.25) is 0 Å². The first-order valence-electron chi connectivity index (χ1n) is 6.95. The van der Waals surface area contributed by atoms with Gasteiger partial charge in [-0.1, -0.05) is 42.4 Å². The summed E-state index contributed by atoms with van der Waals surface area (Å²) in [5, 5.41) is 12.7. The molecule has 0 bridgehead atoms. The highest BCUT2D eigenvalue weighted by Gasteiger charge is 2.07. The van der Waals surface area contributed by atoms with Gasteiger partial charge in [0.15, 0.2) is 0 Å². The van der Waals surface area contributed by atoms with E-state index in [1.807, 2.05) is 54.6 Å². The fourth-order valence-corrected chi connectivity index (χ4v) is 2.70. The number of hydrogen-bond acceptors (Lipinski definition) is 4. The second-order valence-corrected chi connectivity index (χ2v) is 5.57. The summed E-state index contributed by atoms with van der Waals surface area (Å²) in [5.74, 6) is 1.41. The predicted octanol–water partition coefficient (Wildman–Crippen LogP) is 4.45. The minimum atomic E-state index is 0.609. The van der Waals surface area contributed by atoms with Crippen LogP contribution in [0.5, 0.6) is 5.75 Å². The normalized spacial score (nSPS) is 11.4. The lowest BCUT2D eigenvalue weighted by atomic mass is 10.1. The van der Waals surface area contributed by atoms with Crippen molar-refractivity contribution in [3.05, 3.63) is 60.2 Å². The van der Waals surface area contributed by atoms with Crippen molar-refractivity contribution in [3.63, 3.8) is 0 Å². The zero-order valence-corrected chi connectivity index (χ0v) is 12.8. The topological polar surface area (TPSA) is 41.8 Å². The number of nitrogens with zero attached hydrogens (tertiary/aromatic N) is 1. The maximum absolute atomic E-state index is 9.26. The zero-order valence-electron chi connectivity index (χ0n) is 12.0. The zero-order chi connectivity index (χ0) is 14.9. The molecule has 0 radical (unpaired) electrons. The van der Waals surface area contributed by atoms with Crippen molar-refractivity contribution in [2.24, 2.45) is 5.16 Å². The summed E-state index contributed by atoms with van der Waals surface area (Å²) in [6, 6.07) is 17.7. The summed E-state index contributed by atoms with van der Waals surface area (Å²) < 4.78 is 5.61. The van der Waals surface area contributed by atoms with E-state index in [9.17, 15) is 5.21 Å². The highest BCUT2D eigenvalue weighted by Crippen LogP contribution is 2.21. The van der Waals surface area contributed by atoms with Gasteiger partial charge in [0, 0.05) is 16.2 Å². The molecule has 0 saturated heterocycles. The highest BCUT2D eigenvalue weighted by atomic mass is 32.2. The molecule has 0 aromatic heterocycles. The lowest BCUT2D eigenvalue weighted by molar-refractivity contribution is 0.316. The Labute approximate surface area is 129 Å². The van der Waals surface area contributed by atoms with Crippen molar-refractivity contribution in [2.75, 3.05) is 12.4 Å². The van der Waals surface area contributed by atoms with E-state index in [1.165, 1.54) is 0 Å². The van der Waals surface area contributed by atoms with Gasteiger partial charge < -0.3 is 9.94 Å². The SMILES string of the molecule is CCCOc1cccc(/C(CSc2ccccc2)=N\O)c1. The van der Waals surface area contributed by atoms with Gasteiger partial charge in [0.05, 0.1) is 12.3 Å². The summed E-state index contributed by atoms with van der Waals surface area (Å²) in [5.41, 5.74) is 1.53. The van der Waals surface area contributed by atoms with Gasteiger partial charge in [-0.2, -0.15) is 0 Å². The summed E-state index contributed by atoms with van der Waals surface area (Å²) >= 11 is 1.64. The second-order valence-electron chi connectivity index (χ2n) is 4.52. The molecule has 3 nitrogen and oxygen atoms in total. The summed E-state index contributed by atoms with van der Waals surface area (Å²) in [7, 11) is 0. The summed E-state index contributed by atoms with van der Waals surface area (Å²) in [4.78, 5) is 1.15. The molecule has 0 atom stereocenters. The Morgan fingerprint density at radius 1 is 1.14 bits per heavy atom. The third-order valence-corrected chi connectivity index (χ3v) is 3.90. The molecule has 0 aliphatic heterocycles. The fraction of sp³-hybridized carbons (Fsp3) is 0.235. The minimum Gasteiger partial charge on any atom is -0.494 e. The van der Waals surface area contributed by atoms with Crippen LogP contribution in [-0.4, -0.2) is 23.3 Å². The van der Waals surface area contributed by atoms with Gasteiger partial charge in [-0.05, 0) is 30.7 Å². The van der Waals surface area contributed by atoms with Gasteiger partial charge >= 0.3 is 0 Å². The van der Waals surface area contributed by atoms with Gasteiger partial charge in [0.1, 0.15) is 5.75 Å². The van der Waals surface area contributed by atoms with Crippen LogP contribution in [0.1, 0.15) is 18.9 Å². The van der Waals surface area contributed by atoms with E-state index in [0.29, 0.717) is 18.1 Å². The molecule has 0 aliphatic rings. The van der Waals surface area contributed by atoms with Crippen LogP contribution in [0.4, 0.5) is 0 Å². The number of thioether (sulfide) groups is 1. The van der Waals surface area contributed by atoms with Crippen molar-refractivity contribution in [1.82, 2.24) is 0 Å². The van der Waals surface area contributed by atoms with Gasteiger partial charge in [-0.25, -0.2) is 0 Å². The van der Waals surface area contributed by atoms with E-state index in [2.05, 4.69) is 12.1 Å². The van der Waals surface area contributed by atoms with Gasteiger partial charge in [-0.15, -0.1) is 11.8 Å². The molecule has 1 N–H and O–H groups in total. The molecular weight excluding hydrogens is 282 g/mol. The summed E-state index contributed by atoms with van der Waals surface area (Å²) in [6.07, 6.45) is 0.967. The van der Waals surface area contributed by atoms with Crippen molar-refractivity contribution >= 4 is 17.5 Å². The molecular formula is C17H19NO2S. The van der Waals surface area contributed by atoms with E-state index in [4.69, 9.17) is 4.74 Å². The van der Waals surface area contributed by atoms with Crippen LogP contribution in [0.25, 0.3) is 0 Å². The van der Waals surface area contributed by atoms with Crippen molar-refractivity contribution in [2.45, 2.75) is 18.2 Å². The van der Waals surface area contributed by atoms with E-state index < -0.39 is 0 Å². The molecule has 0 aliphatic carbocycles. The predicted molar refractivity (Wildman–Crippen MR) is 87.7 cm³/mol. The molecule has 0 heterocycles. The van der Waals surface area contributed by atoms with E-state index in [0.717, 1.165) is 22.6 Å². The number of benzene rings is 2. The smallest absolute Gasteiger partial charge is 0.119 e. The number of hydrogen-bond donors (Lipinski definition) is 1. The maximum Gasteiger partial charge on any atom is 0.119 e. The van der Waals surface area contributed by atoms with Crippen LogP contribution in [0.15, 0.2) is 64.6 Å². The van der Waals surface area contributed by atoms with E-state index in [-0.39, 0.29) is 0 Å². The van der Waals surface area contributed by atoms with Gasteiger partial charge in [0.2, 0.25) is 0 Å². The van der Waals surface area contributed by atoms with Crippen molar-refractivity contribution in [1.29, 1.82) is 0 Å². The van der Waals surface area contributed by atoms with Crippen LogP contribution in [-0.2, 0) is 0 Å². The average molecular weight is 301 g/mol. The number of ether oxygens (including phenoxy) is 1. The average Bonchev–Trinajstić information content (AvgIpc) is 2.55. The molecule has 110 valence electrons. The maximum atomic E-state index is 9.26. The molecule has 21 heavy (non-hydrogen) atoms. The van der Waals surface area contributed by atoms with Gasteiger partial charge in [0.25, 0.3) is 0 Å². The Bertz CT molecular complexity index is 584. The van der Waals surface area contributed by atoms with Crippen molar-refractivity contribution < 1.29 is 9.94 Å². The van der Waals surface area contributed by atoms with E-state index >= 15 is 0 Å². The lowest BCUT2D eigenvalue weighted by Gasteiger charge is -2.08. The van der Waals surface area contributed by atoms with Crippen molar-refractivity contribution in [3.8, 4) is 5.75 Å². The monoisotopic (exact) mass is 301 g/mol. The number of rotatable bonds is 7. The fourth-order valence-electron chi connectivity index (χ4n) is 1.82. The lowest BCUT2D eigenvalue weighted by Crippen LogP contribution is -2.05. The van der Waals surface area contributed by atoms with E-state index in [1.54, 1.807) is 11.8 Å². The molecule has 2 rings (SSSR count). The Morgan fingerprint density at radius 3 is 2.67 bits per heavy atom. The first kappa shape index (κ1) is 15.4. The molecule has 0 spiro atoms.